The molecule has 0 fully saturated rings. The van der Waals surface area contributed by atoms with E-state index in [9.17, 15) is 0 Å². The van der Waals surface area contributed by atoms with Crippen LogP contribution < -0.4 is 10.6 Å². The number of nitrogens with zero attached hydrogens (tertiary/aromatic N) is 2. The Morgan fingerprint density at radius 2 is 1.23 bits per heavy atom. The molecule has 2 heterocycles. The normalized spacial score (nSPS) is 14.5. The van der Waals surface area contributed by atoms with Gasteiger partial charge >= 0.3 is 0 Å². The first kappa shape index (κ1) is 30.1. The van der Waals surface area contributed by atoms with E-state index in [1.807, 2.05) is 0 Å². The summed E-state index contributed by atoms with van der Waals surface area (Å²) < 4.78 is 2.50. The molecule has 2 aliphatic rings. The molecular formula is C51H36N2. The van der Waals surface area contributed by atoms with Crippen molar-refractivity contribution in [1.82, 2.24) is 4.57 Å². The van der Waals surface area contributed by atoms with Gasteiger partial charge in [0.25, 0.3) is 0 Å². The number of hydrogen-bond acceptors (Lipinski definition) is 1. The van der Waals surface area contributed by atoms with E-state index in [1.54, 1.807) is 0 Å². The molecule has 2 heteroatoms. The molecular weight excluding hydrogens is 641 g/mol. The van der Waals surface area contributed by atoms with Crippen LogP contribution in [0.2, 0.25) is 0 Å². The van der Waals surface area contributed by atoms with Crippen LogP contribution >= 0.6 is 0 Å². The Labute approximate surface area is 308 Å². The monoisotopic (exact) mass is 676 g/mol. The van der Waals surface area contributed by atoms with Crippen LogP contribution in [0.3, 0.4) is 0 Å². The quantitative estimate of drug-likeness (QED) is 0.177. The molecule has 0 saturated heterocycles. The van der Waals surface area contributed by atoms with E-state index in [2.05, 4.69) is 188 Å². The smallest absolute Gasteiger partial charge is 0.0712 e. The number of para-hydroxylation sites is 2. The number of aromatic nitrogens is 1. The highest BCUT2D eigenvalue weighted by molar-refractivity contribution is 6.14. The van der Waals surface area contributed by atoms with Gasteiger partial charge in [-0.3, -0.25) is 0 Å². The van der Waals surface area contributed by atoms with Crippen LogP contribution in [-0.2, 0) is 5.41 Å². The Morgan fingerprint density at radius 1 is 0.528 bits per heavy atom. The fourth-order valence-electron chi connectivity index (χ4n) is 9.41. The van der Waals surface area contributed by atoms with Gasteiger partial charge in [0.05, 0.1) is 27.8 Å². The maximum Gasteiger partial charge on any atom is 0.0712 e. The molecule has 250 valence electrons. The number of benzene rings is 8. The number of allylic oxidation sites excluding steroid dienone is 1. The van der Waals surface area contributed by atoms with Crippen LogP contribution in [0.25, 0.3) is 71.4 Å². The van der Waals surface area contributed by atoms with Gasteiger partial charge in [-0.25, -0.2) is 4.99 Å². The van der Waals surface area contributed by atoms with Crippen molar-refractivity contribution in [3.8, 4) is 16.8 Å². The summed E-state index contributed by atoms with van der Waals surface area (Å²) in [4.78, 5) is 5.36. The summed E-state index contributed by atoms with van der Waals surface area (Å²) in [5, 5.41) is 9.82. The van der Waals surface area contributed by atoms with Crippen LogP contribution in [0.4, 0.5) is 0 Å². The molecule has 1 aliphatic heterocycles. The number of hydrogen-bond donors (Lipinski definition) is 0. The van der Waals surface area contributed by atoms with Crippen molar-refractivity contribution in [2.24, 2.45) is 4.99 Å². The third kappa shape index (κ3) is 4.36. The van der Waals surface area contributed by atoms with Gasteiger partial charge in [-0.1, -0.05) is 153 Å². The van der Waals surface area contributed by atoms with Crippen LogP contribution in [-0.4, -0.2) is 4.57 Å². The number of fused-ring (bicyclic) bond motifs is 10. The molecule has 1 aromatic heterocycles. The van der Waals surface area contributed by atoms with E-state index in [1.165, 1.54) is 87.6 Å². The van der Waals surface area contributed by atoms with Crippen molar-refractivity contribution in [2.45, 2.75) is 25.7 Å². The minimum Gasteiger partial charge on any atom is -0.309 e. The summed E-state index contributed by atoms with van der Waals surface area (Å²) >= 11 is 0. The average molecular weight is 677 g/mol. The maximum absolute atomic E-state index is 5.36. The molecule has 0 saturated carbocycles. The van der Waals surface area contributed by atoms with Gasteiger partial charge in [0, 0.05) is 32.4 Å². The van der Waals surface area contributed by atoms with Gasteiger partial charge < -0.3 is 4.57 Å². The van der Waals surface area contributed by atoms with E-state index in [0.29, 0.717) is 0 Å². The van der Waals surface area contributed by atoms with Crippen LogP contribution in [0.5, 0.6) is 0 Å². The molecule has 11 rings (SSSR count). The van der Waals surface area contributed by atoms with Gasteiger partial charge in [0.15, 0.2) is 0 Å². The maximum atomic E-state index is 5.36. The van der Waals surface area contributed by atoms with Crippen LogP contribution in [0, 0.1) is 0 Å². The van der Waals surface area contributed by atoms with E-state index in [-0.39, 0.29) is 5.41 Å². The predicted molar refractivity (Wildman–Crippen MR) is 222 cm³/mol. The summed E-state index contributed by atoms with van der Waals surface area (Å²) in [6.45, 7) is 4.80. The first-order valence-electron chi connectivity index (χ1n) is 18.6. The third-order valence-corrected chi connectivity index (χ3v) is 11.8. The first-order chi connectivity index (χ1) is 26.1. The summed E-state index contributed by atoms with van der Waals surface area (Å²) in [6.07, 6.45) is 3.12. The summed E-state index contributed by atoms with van der Waals surface area (Å²) in [7, 11) is 0. The Balaban J connectivity index is 1.13. The zero-order valence-electron chi connectivity index (χ0n) is 29.8. The Bertz CT molecular complexity index is 3160. The fraction of sp³-hybridized carbons (Fsp3) is 0.0784. The lowest BCUT2D eigenvalue weighted by Gasteiger charge is -2.23. The Kier molecular flexibility index (Phi) is 6.40. The van der Waals surface area contributed by atoms with Crippen molar-refractivity contribution >= 4 is 54.6 Å². The van der Waals surface area contributed by atoms with E-state index in [4.69, 9.17) is 4.99 Å². The zero-order chi connectivity index (χ0) is 35.3. The van der Waals surface area contributed by atoms with E-state index in [0.717, 1.165) is 23.0 Å². The van der Waals surface area contributed by atoms with Gasteiger partial charge in [0.2, 0.25) is 0 Å². The van der Waals surface area contributed by atoms with E-state index >= 15 is 0 Å². The minimum atomic E-state index is -0.147. The second kappa shape index (κ2) is 11.2. The van der Waals surface area contributed by atoms with Crippen LogP contribution in [0.1, 0.15) is 42.5 Å². The largest absolute Gasteiger partial charge is 0.309 e. The molecule has 0 atom stereocenters. The second-order valence-corrected chi connectivity index (χ2v) is 15.0. The van der Waals surface area contributed by atoms with Crippen molar-refractivity contribution in [3.05, 3.63) is 203 Å². The molecule has 9 aromatic rings. The van der Waals surface area contributed by atoms with Gasteiger partial charge in [-0.15, -0.1) is 0 Å². The van der Waals surface area contributed by atoms with Crippen molar-refractivity contribution in [3.63, 3.8) is 0 Å². The summed E-state index contributed by atoms with van der Waals surface area (Å²) in [5.41, 5.74) is 13.7. The lowest BCUT2D eigenvalue weighted by molar-refractivity contribution is 0.667. The number of rotatable bonds is 3. The molecule has 0 radical (unpaired) electrons. The van der Waals surface area contributed by atoms with Gasteiger partial charge in [0.1, 0.15) is 0 Å². The zero-order valence-corrected chi connectivity index (χ0v) is 29.8. The molecule has 53 heavy (non-hydrogen) atoms. The highest BCUT2D eigenvalue weighted by atomic mass is 15.0. The second-order valence-electron chi connectivity index (χ2n) is 15.0. The SMILES string of the molecule is CC1(C)c2cc3c(cc2-c2ccc4ccccc4c21)c1ccccc1n3-c1ccc(C2=CCC(c3ccccc3)=c3ccccc3=N2)c2ccccc12. The highest BCUT2D eigenvalue weighted by Crippen LogP contribution is 2.53. The molecule has 2 nitrogen and oxygen atoms in total. The predicted octanol–water partition coefficient (Wildman–Crippen LogP) is 11.7. The Hall–Kier alpha value is -6.51. The standard InChI is InChI=1S/C51H36N2/c1-51(2)44-31-49-43(30-42(44)41-25-24-33-16-6-7-17-35(33)50(41)51)40-21-11-13-23-47(40)53(49)48-29-27-38(36-18-8-9-20-39(36)48)46-28-26-34(32-14-4-3-5-15-32)37-19-10-12-22-45(37)52-46/h3-25,27-31H,26H2,1-2H3. The minimum absolute atomic E-state index is 0.147. The molecule has 1 aliphatic carbocycles. The molecule has 0 amide bonds. The molecule has 0 spiro atoms. The van der Waals surface area contributed by atoms with Crippen LogP contribution in [0.15, 0.2) is 175 Å². The lowest BCUT2D eigenvalue weighted by atomic mass is 9.80. The van der Waals surface area contributed by atoms with Gasteiger partial charge in [-0.2, -0.15) is 0 Å². The van der Waals surface area contributed by atoms with Gasteiger partial charge in [-0.05, 0) is 86.3 Å². The van der Waals surface area contributed by atoms with Crippen molar-refractivity contribution in [1.29, 1.82) is 0 Å². The van der Waals surface area contributed by atoms with E-state index < -0.39 is 0 Å². The molecule has 0 unspecified atom stereocenters. The van der Waals surface area contributed by atoms with Crippen molar-refractivity contribution in [2.75, 3.05) is 0 Å². The van der Waals surface area contributed by atoms with Crippen molar-refractivity contribution < 1.29 is 0 Å². The molecule has 0 N–H and O–H groups in total. The fourth-order valence-corrected chi connectivity index (χ4v) is 9.41. The third-order valence-electron chi connectivity index (χ3n) is 11.8. The topological polar surface area (TPSA) is 17.3 Å². The highest BCUT2D eigenvalue weighted by Gasteiger charge is 2.38. The molecule has 0 bridgehead atoms. The summed E-state index contributed by atoms with van der Waals surface area (Å²) in [5.74, 6) is 0. The Morgan fingerprint density at radius 3 is 2.09 bits per heavy atom. The average Bonchev–Trinajstić information content (AvgIpc) is 3.54. The summed E-state index contributed by atoms with van der Waals surface area (Å²) in [6, 6.07) is 60.1. The molecule has 8 aromatic carbocycles. The lowest BCUT2D eigenvalue weighted by Crippen LogP contribution is -2.26. The first-order valence-corrected chi connectivity index (χ1v) is 18.6.